The summed E-state index contributed by atoms with van der Waals surface area (Å²) in [5.41, 5.74) is 3.58. The first-order valence-corrected chi connectivity index (χ1v) is 7.76. The Kier molecular flexibility index (Phi) is 4.66. The van der Waals surface area contributed by atoms with E-state index in [1.807, 2.05) is 62.4 Å². The van der Waals surface area contributed by atoms with Crippen molar-refractivity contribution in [2.75, 3.05) is 5.32 Å². The van der Waals surface area contributed by atoms with Gasteiger partial charge < -0.3 is 14.5 Å². The molecule has 0 aliphatic carbocycles. The molecule has 1 aromatic heterocycles. The molecule has 1 amide bonds. The number of hydrogen-bond acceptors (Lipinski definition) is 3. The highest BCUT2D eigenvalue weighted by molar-refractivity contribution is 6.03. The molecule has 0 radical (unpaired) electrons. The first-order valence-electron chi connectivity index (χ1n) is 7.76. The summed E-state index contributed by atoms with van der Waals surface area (Å²) in [6.45, 7) is 4.22. The Hall–Kier alpha value is -3.01. The minimum Gasteiger partial charge on any atom is -0.489 e. The van der Waals surface area contributed by atoms with Crippen LogP contribution < -0.4 is 10.1 Å². The van der Waals surface area contributed by atoms with Gasteiger partial charge in [0.2, 0.25) is 0 Å². The van der Waals surface area contributed by atoms with E-state index in [9.17, 15) is 4.79 Å². The lowest BCUT2D eigenvalue weighted by Crippen LogP contribution is -2.14. The molecule has 0 unspecified atom stereocenters. The molecule has 1 N–H and O–H groups in total. The number of furan rings is 1. The molecule has 0 spiro atoms. The van der Waals surface area contributed by atoms with E-state index in [4.69, 9.17) is 9.15 Å². The zero-order chi connectivity index (χ0) is 16.9. The Balaban J connectivity index is 1.72. The highest BCUT2D eigenvalue weighted by atomic mass is 16.5. The van der Waals surface area contributed by atoms with Gasteiger partial charge in [-0.15, -0.1) is 0 Å². The summed E-state index contributed by atoms with van der Waals surface area (Å²) in [5, 5.41) is 2.90. The molecule has 0 saturated carbocycles. The van der Waals surface area contributed by atoms with Crippen molar-refractivity contribution in [2.45, 2.75) is 20.5 Å². The van der Waals surface area contributed by atoms with Gasteiger partial charge in [-0.3, -0.25) is 4.79 Å². The summed E-state index contributed by atoms with van der Waals surface area (Å²) in [4.78, 5) is 12.5. The van der Waals surface area contributed by atoms with Crippen LogP contribution in [0, 0.1) is 13.8 Å². The predicted molar refractivity (Wildman–Crippen MR) is 93.4 cm³/mol. The van der Waals surface area contributed by atoms with Gasteiger partial charge in [0.15, 0.2) is 5.76 Å². The number of anilines is 1. The normalized spacial score (nSPS) is 10.4. The van der Waals surface area contributed by atoms with Crippen LogP contribution in [0.15, 0.2) is 65.3 Å². The van der Waals surface area contributed by atoms with E-state index in [1.54, 1.807) is 6.07 Å². The van der Waals surface area contributed by atoms with E-state index in [2.05, 4.69) is 5.32 Å². The lowest BCUT2D eigenvalue weighted by molar-refractivity contribution is 0.0993. The first-order chi connectivity index (χ1) is 11.6. The van der Waals surface area contributed by atoms with Gasteiger partial charge in [0.1, 0.15) is 12.4 Å². The molecule has 0 aliphatic rings. The van der Waals surface area contributed by atoms with Gasteiger partial charge in [0.25, 0.3) is 5.91 Å². The number of aryl methyl sites for hydroxylation is 2. The largest absolute Gasteiger partial charge is 0.489 e. The maximum Gasteiger partial charge on any atom is 0.291 e. The Morgan fingerprint density at radius 1 is 1.08 bits per heavy atom. The summed E-state index contributed by atoms with van der Waals surface area (Å²) in [6.07, 6.45) is 1.50. The van der Waals surface area contributed by atoms with Crippen molar-refractivity contribution in [3.8, 4) is 5.75 Å². The Morgan fingerprint density at radius 2 is 1.88 bits per heavy atom. The molecule has 24 heavy (non-hydrogen) atoms. The molecule has 4 nitrogen and oxygen atoms in total. The number of carbonyl (C=O) groups excluding carboxylic acids is 1. The van der Waals surface area contributed by atoms with E-state index >= 15 is 0 Å². The van der Waals surface area contributed by atoms with Crippen molar-refractivity contribution >= 4 is 11.6 Å². The van der Waals surface area contributed by atoms with Crippen LogP contribution in [0.4, 0.5) is 5.69 Å². The minimum atomic E-state index is -0.277. The third-order valence-electron chi connectivity index (χ3n) is 3.73. The van der Waals surface area contributed by atoms with Crippen LogP contribution in [0.5, 0.6) is 5.75 Å². The van der Waals surface area contributed by atoms with Gasteiger partial charge >= 0.3 is 0 Å². The highest BCUT2D eigenvalue weighted by Gasteiger charge is 2.17. The van der Waals surface area contributed by atoms with E-state index in [-0.39, 0.29) is 18.3 Å². The number of nitrogens with one attached hydrogen (secondary N) is 1. The molecule has 0 atom stereocenters. The molecule has 0 bridgehead atoms. The Labute approximate surface area is 141 Å². The van der Waals surface area contributed by atoms with Crippen LogP contribution in [0.2, 0.25) is 0 Å². The van der Waals surface area contributed by atoms with Crippen LogP contribution in [0.1, 0.15) is 27.2 Å². The number of rotatable bonds is 5. The standard InChI is InChI=1S/C20H19NO3/c1-14-8-9-15(2)18(12-14)21-20(22)19-16(10-11-23-19)13-24-17-6-4-3-5-7-17/h3-12H,13H2,1-2H3,(H,21,22). The van der Waals surface area contributed by atoms with Crippen molar-refractivity contribution in [3.05, 3.63) is 83.3 Å². The SMILES string of the molecule is Cc1ccc(C)c(NC(=O)c2occc2COc2ccccc2)c1. The maximum atomic E-state index is 12.5. The number of benzene rings is 2. The highest BCUT2D eigenvalue weighted by Crippen LogP contribution is 2.20. The molecule has 0 saturated heterocycles. The van der Waals surface area contributed by atoms with Crippen molar-refractivity contribution in [2.24, 2.45) is 0 Å². The number of amides is 1. The van der Waals surface area contributed by atoms with Crippen LogP contribution in [0.3, 0.4) is 0 Å². The van der Waals surface area contributed by atoms with Crippen LogP contribution in [-0.4, -0.2) is 5.91 Å². The number of carbonyl (C=O) groups is 1. The Morgan fingerprint density at radius 3 is 2.67 bits per heavy atom. The second-order valence-corrected chi connectivity index (χ2v) is 5.65. The minimum absolute atomic E-state index is 0.270. The average molecular weight is 321 g/mol. The second kappa shape index (κ2) is 7.04. The first kappa shape index (κ1) is 15.9. The summed E-state index contributed by atoms with van der Waals surface area (Å²) in [6, 6.07) is 17.2. The Bertz CT molecular complexity index is 837. The summed E-state index contributed by atoms with van der Waals surface area (Å²) >= 11 is 0. The van der Waals surface area contributed by atoms with Crippen LogP contribution in [0.25, 0.3) is 0 Å². The quantitative estimate of drug-likeness (QED) is 0.739. The fraction of sp³-hybridized carbons (Fsp3) is 0.150. The molecule has 1 heterocycles. The zero-order valence-electron chi connectivity index (χ0n) is 13.7. The summed E-state index contributed by atoms with van der Waals surface area (Å²) < 4.78 is 11.1. The summed E-state index contributed by atoms with van der Waals surface area (Å²) in [5.74, 6) is 0.742. The van der Waals surface area contributed by atoms with Crippen molar-refractivity contribution in [1.82, 2.24) is 0 Å². The number of ether oxygens (including phenoxy) is 1. The molecule has 3 aromatic rings. The van der Waals surface area contributed by atoms with Gasteiger partial charge in [-0.2, -0.15) is 0 Å². The van der Waals surface area contributed by atoms with E-state index in [0.717, 1.165) is 22.6 Å². The zero-order valence-corrected chi connectivity index (χ0v) is 13.7. The molecule has 122 valence electrons. The van der Waals surface area contributed by atoms with E-state index in [1.165, 1.54) is 6.26 Å². The number of para-hydroxylation sites is 1. The molecule has 4 heteroatoms. The molecule has 0 aliphatic heterocycles. The smallest absolute Gasteiger partial charge is 0.291 e. The van der Waals surface area contributed by atoms with Gasteiger partial charge in [-0.1, -0.05) is 30.3 Å². The maximum absolute atomic E-state index is 12.5. The van der Waals surface area contributed by atoms with Crippen LogP contribution >= 0.6 is 0 Å². The lowest BCUT2D eigenvalue weighted by Gasteiger charge is -2.10. The lowest BCUT2D eigenvalue weighted by atomic mass is 10.1. The van der Waals surface area contributed by atoms with Gasteiger partial charge in [-0.25, -0.2) is 0 Å². The fourth-order valence-corrected chi connectivity index (χ4v) is 2.38. The molecular weight excluding hydrogens is 302 g/mol. The molecule has 2 aromatic carbocycles. The van der Waals surface area contributed by atoms with Gasteiger partial charge in [0.05, 0.1) is 6.26 Å². The molecular formula is C20H19NO3. The fourth-order valence-electron chi connectivity index (χ4n) is 2.38. The van der Waals surface area contributed by atoms with Crippen LogP contribution in [-0.2, 0) is 6.61 Å². The third-order valence-corrected chi connectivity index (χ3v) is 3.73. The second-order valence-electron chi connectivity index (χ2n) is 5.65. The van der Waals surface area contributed by atoms with E-state index in [0.29, 0.717) is 5.56 Å². The van der Waals surface area contributed by atoms with Gasteiger partial charge in [0, 0.05) is 11.3 Å². The molecule has 0 fully saturated rings. The molecule has 3 rings (SSSR count). The summed E-state index contributed by atoms with van der Waals surface area (Å²) in [7, 11) is 0. The average Bonchev–Trinajstić information content (AvgIpc) is 3.06. The topological polar surface area (TPSA) is 51.5 Å². The monoisotopic (exact) mass is 321 g/mol. The van der Waals surface area contributed by atoms with Crippen molar-refractivity contribution in [1.29, 1.82) is 0 Å². The third kappa shape index (κ3) is 3.66. The van der Waals surface area contributed by atoms with Gasteiger partial charge in [-0.05, 0) is 49.2 Å². The number of hydrogen-bond donors (Lipinski definition) is 1. The van der Waals surface area contributed by atoms with Crippen molar-refractivity contribution in [3.63, 3.8) is 0 Å². The van der Waals surface area contributed by atoms with E-state index < -0.39 is 0 Å². The van der Waals surface area contributed by atoms with Crippen molar-refractivity contribution < 1.29 is 13.9 Å². The predicted octanol–water partition coefficient (Wildman–Crippen LogP) is 4.73.